The molecule has 0 aromatic heterocycles. The summed E-state index contributed by atoms with van der Waals surface area (Å²) in [4.78, 5) is 2.88. The van der Waals surface area contributed by atoms with E-state index >= 15 is 0 Å². The highest BCUT2D eigenvalue weighted by atomic mass is 35.7. The van der Waals surface area contributed by atoms with Crippen LogP contribution in [0.1, 0.15) is 58.4 Å². The van der Waals surface area contributed by atoms with Crippen LogP contribution in [0.5, 0.6) is 5.75 Å². The Labute approximate surface area is 185 Å². The van der Waals surface area contributed by atoms with Crippen LogP contribution < -0.4 is 4.74 Å². The molecule has 4 rings (SSSR count). The third-order valence-electron chi connectivity index (χ3n) is 7.30. The standard InChI is InChI=1S/C24H35ClN2OS/c1-18(2)10-13-28-23-6-4-20(5-7-23)14-21-17-27(29-25)22-15-24(26(21)16-22)11-8-19(3)9-12-24/h4-7,10,19,21-22H,8-9,11-17H2,1-3H3. The van der Waals surface area contributed by atoms with Gasteiger partial charge in [-0.1, -0.05) is 24.6 Å². The van der Waals surface area contributed by atoms with Gasteiger partial charge in [-0.2, -0.15) is 0 Å². The van der Waals surface area contributed by atoms with Gasteiger partial charge in [0.15, 0.2) is 0 Å². The van der Waals surface area contributed by atoms with Crippen LogP contribution in [-0.2, 0) is 6.42 Å². The van der Waals surface area contributed by atoms with E-state index < -0.39 is 0 Å². The van der Waals surface area contributed by atoms with Gasteiger partial charge in [0.1, 0.15) is 12.4 Å². The second-order valence-corrected chi connectivity index (χ2v) is 10.7. The fourth-order valence-corrected chi connectivity index (χ4v) is 6.56. The van der Waals surface area contributed by atoms with E-state index in [-0.39, 0.29) is 0 Å². The number of hydrogen-bond acceptors (Lipinski definition) is 4. The Morgan fingerprint density at radius 3 is 2.59 bits per heavy atom. The number of nitrogens with zero attached hydrogens (tertiary/aromatic N) is 2. The highest BCUT2D eigenvalue weighted by molar-refractivity contribution is 8.19. The molecule has 2 heterocycles. The molecule has 3 atom stereocenters. The monoisotopic (exact) mass is 434 g/mol. The van der Waals surface area contributed by atoms with Gasteiger partial charge in [-0.05, 0) is 92.7 Å². The maximum absolute atomic E-state index is 6.29. The maximum Gasteiger partial charge on any atom is 0.119 e. The molecule has 3 fully saturated rings. The van der Waals surface area contributed by atoms with Crippen molar-refractivity contribution in [3.8, 4) is 5.75 Å². The molecule has 2 aliphatic heterocycles. The van der Waals surface area contributed by atoms with Gasteiger partial charge in [0.05, 0.1) is 0 Å². The van der Waals surface area contributed by atoms with Crippen molar-refractivity contribution in [1.82, 2.24) is 9.21 Å². The zero-order chi connectivity index (χ0) is 20.4. The Hall–Kier alpha value is -0.680. The molecule has 3 unspecified atom stereocenters. The highest BCUT2D eigenvalue weighted by Gasteiger charge is 2.53. The van der Waals surface area contributed by atoms with Crippen LogP contribution in [0.15, 0.2) is 35.9 Å². The van der Waals surface area contributed by atoms with Crippen LogP contribution in [0.3, 0.4) is 0 Å². The molecule has 0 N–H and O–H groups in total. The topological polar surface area (TPSA) is 15.7 Å². The Morgan fingerprint density at radius 1 is 1.21 bits per heavy atom. The van der Waals surface area contributed by atoms with Gasteiger partial charge in [-0.15, -0.1) is 0 Å². The van der Waals surface area contributed by atoms with Gasteiger partial charge in [-0.25, -0.2) is 4.31 Å². The van der Waals surface area contributed by atoms with Gasteiger partial charge in [0.2, 0.25) is 0 Å². The van der Waals surface area contributed by atoms with E-state index in [1.165, 1.54) is 60.9 Å². The molecule has 1 spiro atoms. The minimum Gasteiger partial charge on any atom is -0.490 e. The minimum atomic E-state index is 0.413. The van der Waals surface area contributed by atoms with E-state index in [9.17, 15) is 0 Å². The normalized spacial score (nSPS) is 34.3. The quantitative estimate of drug-likeness (QED) is 0.397. The molecule has 2 bridgehead atoms. The SMILES string of the molecule is CC(C)=CCOc1ccc(CC2CN(SCl)C3CN2C2(CCC(C)CC2)C3)cc1. The Kier molecular flexibility index (Phi) is 6.85. The molecule has 29 heavy (non-hydrogen) atoms. The third-order valence-corrected chi connectivity index (χ3v) is 8.46. The molecular weight excluding hydrogens is 400 g/mol. The van der Waals surface area contributed by atoms with E-state index in [4.69, 9.17) is 15.4 Å². The molecule has 1 aliphatic carbocycles. The van der Waals surface area contributed by atoms with Crippen molar-refractivity contribution in [3.05, 3.63) is 41.5 Å². The molecular formula is C24H35ClN2OS. The van der Waals surface area contributed by atoms with E-state index in [1.54, 1.807) is 0 Å². The van der Waals surface area contributed by atoms with E-state index in [0.717, 1.165) is 24.6 Å². The summed E-state index contributed by atoms with van der Waals surface area (Å²) >= 11 is 1.43. The maximum atomic E-state index is 6.29. The number of halogens is 1. The van der Waals surface area contributed by atoms with Crippen LogP contribution in [0.2, 0.25) is 0 Å². The summed E-state index contributed by atoms with van der Waals surface area (Å²) in [5, 5.41) is 0. The summed E-state index contributed by atoms with van der Waals surface area (Å²) in [5.41, 5.74) is 3.10. The predicted molar refractivity (Wildman–Crippen MR) is 124 cm³/mol. The van der Waals surface area contributed by atoms with Crippen molar-refractivity contribution in [3.63, 3.8) is 0 Å². The van der Waals surface area contributed by atoms with Crippen LogP contribution in [0.25, 0.3) is 0 Å². The molecule has 1 saturated carbocycles. The molecule has 160 valence electrons. The second kappa shape index (κ2) is 9.21. The molecule has 5 heteroatoms. The van der Waals surface area contributed by atoms with Gasteiger partial charge in [0.25, 0.3) is 0 Å². The number of fused-ring (bicyclic) bond motifs is 3. The van der Waals surface area contributed by atoms with Crippen molar-refractivity contribution in [2.75, 3.05) is 19.7 Å². The van der Waals surface area contributed by atoms with Crippen molar-refractivity contribution in [2.24, 2.45) is 5.92 Å². The summed E-state index contributed by atoms with van der Waals surface area (Å²) in [6.07, 6.45) is 9.98. The lowest BCUT2D eigenvalue weighted by Gasteiger charge is -2.47. The first-order valence-corrected chi connectivity index (χ1v) is 12.8. The largest absolute Gasteiger partial charge is 0.490 e. The summed E-state index contributed by atoms with van der Waals surface area (Å²) in [6, 6.07) is 9.90. The van der Waals surface area contributed by atoms with Crippen molar-refractivity contribution < 1.29 is 4.74 Å². The molecule has 3 nitrogen and oxygen atoms in total. The average Bonchev–Trinajstić information content (AvgIpc) is 3.02. The fourth-order valence-electron chi connectivity index (χ4n) is 5.57. The summed E-state index contributed by atoms with van der Waals surface area (Å²) in [7, 11) is 6.29. The molecule has 3 aliphatic rings. The second-order valence-electron chi connectivity index (χ2n) is 9.68. The summed E-state index contributed by atoms with van der Waals surface area (Å²) in [6.45, 7) is 9.51. The lowest BCUT2D eigenvalue weighted by atomic mass is 9.75. The van der Waals surface area contributed by atoms with Gasteiger partial charge < -0.3 is 4.74 Å². The number of piperazine rings is 1. The zero-order valence-electron chi connectivity index (χ0n) is 18.1. The number of rotatable bonds is 6. The first-order chi connectivity index (χ1) is 14.0. The lowest BCUT2D eigenvalue weighted by Crippen LogP contribution is -2.56. The highest BCUT2D eigenvalue weighted by Crippen LogP contribution is 2.49. The van der Waals surface area contributed by atoms with Gasteiger partial charge in [-0.3, -0.25) is 4.90 Å². The lowest BCUT2D eigenvalue weighted by molar-refractivity contribution is 0.0292. The van der Waals surface area contributed by atoms with Crippen LogP contribution in [0, 0.1) is 5.92 Å². The average molecular weight is 435 g/mol. The Bertz CT molecular complexity index is 710. The van der Waals surface area contributed by atoms with Crippen molar-refractivity contribution >= 4 is 21.8 Å². The van der Waals surface area contributed by atoms with Crippen LogP contribution in [0.4, 0.5) is 0 Å². The van der Waals surface area contributed by atoms with Crippen LogP contribution in [-0.4, -0.2) is 46.5 Å². The van der Waals surface area contributed by atoms with E-state index in [2.05, 4.69) is 60.3 Å². The first kappa shape index (κ1) is 21.5. The Balaban J connectivity index is 1.45. The van der Waals surface area contributed by atoms with Crippen LogP contribution >= 0.6 is 21.8 Å². The zero-order valence-corrected chi connectivity index (χ0v) is 19.6. The fraction of sp³-hybridized carbons (Fsp3) is 0.667. The number of ether oxygens (including phenoxy) is 1. The number of benzene rings is 1. The predicted octanol–water partition coefficient (Wildman–Crippen LogP) is 6.08. The Morgan fingerprint density at radius 2 is 1.93 bits per heavy atom. The summed E-state index contributed by atoms with van der Waals surface area (Å²) < 4.78 is 8.28. The van der Waals surface area contributed by atoms with Crippen molar-refractivity contribution in [2.45, 2.75) is 76.9 Å². The number of hydrogen-bond donors (Lipinski definition) is 0. The smallest absolute Gasteiger partial charge is 0.119 e. The first-order valence-electron chi connectivity index (χ1n) is 11.2. The number of allylic oxidation sites excluding steroid dienone is 1. The molecule has 0 amide bonds. The molecule has 0 radical (unpaired) electrons. The third kappa shape index (κ3) is 4.81. The van der Waals surface area contributed by atoms with Crippen molar-refractivity contribution in [1.29, 1.82) is 0 Å². The summed E-state index contributed by atoms with van der Waals surface area (Å²) in [5.74, 6) is 1.84. The van der Waals surface area contributed by atoms with E-state index in [1.807, 2.05) is 0 Å². The molecule has 1 aromatic carbocycles. The van der Waals surface area contributed by atoms with E-state index in [0.29, 0.717) is 24.2 Å². The minimum absolute atomic E-state index is 0.413. The van der Waals surface area contributed by atoms with Gasteiger partial charge in [0, 0.05) is 41.9 Å². The molecule has 2 saturated heterocycles. The van der Waals surface area contributed by atoms with Gasteiger partial charge >= 0.3 is 0 Å². The molecule has 1 aromatic rings.